The molecule has 0 aliphatic heterocycles. The highest BCUT2D eigenvalue weighted by Gasteiger charge is 2.03. The highest BCUT2D eigenvalue weighted by molar-refractivity contribution is 5.84. The normalized spacial score (nSPS) is 11.1. The molecule has 0 amide bonds. The Labute approximate surface area is 121 Å². The van der Waals surface area contributed by atoms with Crippen LogP contribution in [0.5, 0.6) is 5.75 Å². The smallest absolute Gasteiger partial charge is 0.182 e. The molecule has 0 spiro atoms. The van der Waals surface area contributed by atoms with Gasteiger partial charge in [0.05, 0.1) is 19.1 Å². The molecule has 0 fully saturated rings. The highest BCUT2D eigenvalue weighted by Crippen LogP contribution is 2.14. The van der Waals surface area contributed by atoms with Crippen LogP contribution in [0.25, 0.3) is 11.2 Å². The molecule has 1 aromatic carbocycles. The summed E-state index contributed by atoms with van der Waals surface area (Å²) >= 11 is 0. The molecular formula is C14H14N6O. The number of hydrazone groups is 1. The minimum atomic E-state index is 0.583. The van der Waals surface area contributed by atoms with Crippen molar-refractivity contribution in [1.29, 1.82) is 0 Å². The van der Waals surface area contributed by atoms with Crippen molar-refractivity contribution in [1.82, 2.24) is 19.9 Å². The topological polar surface area (TPSA) is 88.1 Å². The van der Waals surface area contributed by atoms with Crippen molar-refractivity contribution in [3.05, 3.63) is 42.5 Å². The number of aromatic amines is 1. The van der Waals surface area contributed by atoms with Crippen molar-refractivity contribution < 1.29 is 4.74 Å². The van der Waals surface area contributed by atoms with E-state index in [4.69, 9.17) is 4.74 Å². The molecule has 2 N–H and O–H groups in total. The largest absolute Gasteiger partial charge is 0.494 e. The highest BCUT2D eigenvalue weighted by atomic mass is 16.5. The molecule has 0 bridgehead atoms. The molecule has 0 atom stereocenters. The quantitative estimate of drug-likeness (QED) is 0.553. The van der Waals surface area contributed by atoms with Crippen LogP contribution in [0.2, 0.25) is 0 Å². The maximum atomic E-state index is 5.39. The summed E-state index contributed by atoms with van der Waals surface area (Å²) in [6.07, 6.45) is 4.72. The van der Waals surface area contributed by atoms with Crippen LogP contribution in [-0.4, -0.2) is 32.8 Å². The maximum Gasteiger partial charge on any atom is 0.182 e. The van der Waals surface area contributed by atoms with Gasteiger partial charge in [0.1, 0.15) is 17.6 Å². The summed E-state index contributed by atoms with van der Waals surface area (Å²) < 4.78 is 5.39. The van der Waals surface area contributed by atoms with Gasteiger partial charge in [0.25, 0.3) is 0 Å². The molecular weight excluding hydrogens is 268 g/mol. The summed E-state index contributed by atoms with van der Waals surface area (Å²) in [5.41, 5.74) is 5.16. The van der Waals surface area contributed by atoms with E-state index < -0.39 is 0 Å². The fourth-order valence-corrected chi connectivity index (χ4v) is 1.83. The number of ether oxygens (including phenoxy) is 1. The molecule has 2 heterocycles. The van der Waals surface area contributed by atoms with Crippen LogP contribution in [0, 0.1) is 0 Å². The third-order valence-electron chi connectivity index (χ3n) is 2.80. The number of imidazole rings is 1. The van der Waals surface area contributed by atoms with Crippen LogP contribution in [0.15, 0.2) is 42.0 Å². The van der Waals surface area contributed by atoms with Gasteiger partial charge in [0.15, 0.2) is 11.5 Å². The van der Waals surface area contributed by atoms with Crippen molar-refractivity contribution in [3.8, 4) is 5.75 Å². The van der Waals surface area contributed by atoms with Crippen molar-refractivity contribution in [2.75, 3.05) is 12.0 Å². The lowest BCUT2D eigenvalue weighted by Gasteiger charge is -2.02. The second kappa shape index (κ2) is 6.00. The van der Waals surface area contributed by atoms with Gasteiger partial charge in [-0.25, -0.2) is 15.0 Å². The number of fused-ring (bicyclic) bond motifs is 1. The van der Waals surface area contributed by atoms with E-state index in [0.29, 0.717) is 18.1 Å². The standard InChI is InChI=1S/C14H14N6O/c1-2-21-11-5-3-10(4-6-11)7-19-20-14-12-13(16-8-15-12)17-9-18-14/h3-9H,2H2,1H3,(H2,15,16,17,18,20). The Balaban J connectivity index is 1.70. The molecule has 3 rings (SSSR count). The van der Waals surface area contributed by atoms with Gasteiger partial charge >= 0.3 is 0 Å². The second-order valence-electron chi connectivity index (χ2n) is 4.20. The third-order valence-corrected chi connectivity index (χ3v) is 2.80. The van der Waals surface area contributed by atoms with E-state index in [-0.39, 0.29) is 0 Å². The van der Waals surface area contributed by atoms with Crippen molar-refractivity contribution in [2.45, 2.75) is 6.92 Å². The average molecular weight is 282 g/mol. The van der Waals surface area contributed by atoms with Crippen LogP contribution < -0.4 is 10.2 Å². The fraction of sp³-hybridized carbons (Fsp3) is 0.143. The van der Waals surface area contributed by atoms with Gasteiger partial charge in [-0.15, -0.1) is 0 Å². The molecule has 0 unspecified atom stereocenters. The van der Waals surface area contributed by atoms with Gasteiger partial charge in [-0.05, 0) is 36.8 Å². The van der Waals surface area contributed by atoms with E-state index in [2.05, 4.69) is 30.5 Å². The molecule has 7 heteroatoms. The average Bonchev–Trinajstić information content (AvgIpc) is 2.99. The first-order valence-electron chi connectivity index (χ1n) is 6.53. The van der Waals surface area contributed by atoms with E-state index in [0.717, 1.165) is 16.8 Å². The predicted molar refractivity (Wildman–Crippen MR) is 80.5 cm³/mol. The van der Waals surface area contributed by atoms with Crippen molar-refractivity contribution in [3.63, 3.8) is 0 Å². The third kappa shape index (κ3) is 2.97. The van der Waals surface area contributed by atoms with Crippen molar-refractivity contribution in [2.24, 2.45) is 5.10 Å². The number of rotatable bonds is 5. The molecule has 3 aromatic rings. The number of nitrogens with one attached hydrogen (secondary N) is 2. The Hall–Kier alpha value is -2.96. The van der Waals surface area contributed by atoms with Crippen LogP contribution in [0.3, 0.4) is 0 Å². The van der Waals surface area contributed by atoms with Crippen LogP contribution in [0.1, 0.15) is 12.5 Å². The van der Waals surface area contributed by atoms with Gasteiger partial charge in [0, 0.05) is 0 Å². The van der Waals surface area contributed by atoms with Crippen molar-refractivity contribution >= 4 is 23.2 Å². The fourth-order valence-electron chi connectivity index (χ4n) is 1.83. The Morgan fingerprint density at radius 2 is 2.10 bits per heavy atom. The van der Waals surface area contributed by atoms with Gasteiger partial charge in [-0.1, -0.05) is 0 Å². The Kier molecular flexibility index (Phi) is 3.72. The first-order chi connectivity index (χ1) is 10.4. The molecule has 0 aliphatic rings. The number of H-pyrrole nitrogens is 1. The summed E-state index contributed by atoms with van der Waals surface area (Å²) in [6, 6.07) is 7.68. The molecule has 7 nitrogen and oxygen atoms in total. The van der Waals surface area contributed by atoms with Gasteiger partial charge in [-0.2, -0.15) is 5.10 Å². The lowest BCUT2D eigenvalue weighted by atomic mass is 10.2. The lowest BCUT2D eigenvalue weighted by Crippen LogP contribution is -1.96. The Morgan fingerprint density at radius 3 is 2.90 bits per heavy atom. The van der Waals surface area contributed by atoms with Crippen LogP contribution in [-0.2, 0) is 0 Å². The molecule has 106 valence electrons. The summed E-state index contributed by atoms with van der Waals surface area (Å²) in [5.74, 6) is 1.43. The monoisotopic (exact) mass is 282 g/mol. The van der Waals surface area contributed by atoms with E-state index in [1.165, 1.54) is 6.33 Å². The van der Waals surface area contributed by atoms with E-state index in [1.807, 2.05) is 31.2 Å². The zero-order chi connectivity index (χ0) is 14.5. The SMILES string of the molecule is CCOc1ccc(C=NNc2ncnc3nc[nH]c23)cc1. The number of benzene rings is 1. The number of aromatic nitrogens is 4. The number of hydrogen-bond acceptors (Lipinski definition) is 6. The van der Waals surface area contributed by atoms with Gasteiger partial charge in [0.2, 0.25) is 0 Å². The molecule has 0 radical (unpaired) electrons. The number of anilines is 1. The van der Waals surface area contributed by atoms with Gasteiger partial charge in [-0.3, -0.25) is 5.43 Å². The Bertz CT molecular complexity index is 750. The first kappa shape index (κ1) is 13.0. The number of hydrogen-bond donors (Lipinski definition) is 2. The van der Waals surface area contributed by atoms with Crippen LogP contribution >= 0.6 is 0 Å². The summed E-state index contributed by atoms with van der Waals surface area (Å²) in [5, 5.41) is 4.16. The lowest BCUT2D eigenvalue weighted by molar-refractivity contribution is 0.340. The second-order valence-corrected chi connectivity index (χ2v) is 4.20. The minimum Gasteiger partial charge on any atom is -0.494 e. The van der Waals surface area contributed by atoms with Crippen LogP contribution in [0.4, 0.5) is 5.82 Å². The molecule has 2 aromatic heterocycles. The summed E-state index contributed by atoms with van der Waals surface area (Å²) in [7, 11) is 0. The summed E-state index contributed by atoms with van der Waals surface area (Å²) in [6.45, 7) is 2.61. The predicted octanol–water partition coefficient (Wildman–Crippen LogP) is 2.20. The first-order valence-corrected chi connectivity index (χ1v) is 6.53. The number of nitrogens with zero attached hydrogens (tertiary/aromatic N) is 4. The molecule has 0 saturated carbocycles. The zero-order valence-electron chi connectivity index (χ0n) is 11.4. The Morgan fingerprint density at radius 1 is 1.24 bits per heavy atom. The van der Waals surface area contributed by atoms with E-state index in [9.17, 15) is 0 Å². The minimum absolute atomic E-state index is 0.583. The molecule has 21 heavy (non-hydrogen) atoms. The zero-order valence-corrected chi connectivity index (χ0v) is 11.4. The maximum absolute atomic E-state index is 5.39. The summed E-state index contributed by atoms with van der Waals surface area (Å²) in [4.78, 5) is 15.2. The molecule has 0 aliphatic carbocycles. The van der Waals surface area contributed by atoms with E-state index in [1.54, 1.807) is 12.5 Å². The van der Waals surface area contributed by atoms with Gasteiger partial charge < -0.3 is 9.72 Å². The van der Waals surface area contributed by atoms with E-state index >= 15 is 0 Å². The molecule has 0 saturated heterocycles.